The number of aliphatic imine (C=N–C) groups is 1. The van der Waals surface area contributed by atoms with Crippen LogP contribution in [0.1, 0.15) is 31.4 Å². The Balaban J connectivity index is 1.28. The fraction of sp³-hybridized carbons (Fsp3) is 0.720. The Kier molecular flexibility index (Phi) is 8.79. The number of nitrogens with zero attached hydrogens (tertiary/aromatic N) is 5. The molecule has 3 fully saturated rings. The number of hydrogen-bond donors (Lipinski definition) is 1. The van der Waals surface area contributed by atoms with Crippen molar-refractivity contribution in [3.05, 3.63) is 35.4 Å². The fourth-order valence-corrected chi connectivity index (χ4v) is 5.04. The maximum Gasteiger partial charge on any atom is 0.194 e. The van der Waals surface area contributed by atoms with E-state index in [2.05, 4.69) is 63.0 Å². The van der Waals surface area contributed by atoms with E-state index in [4.69, 9.17) is 9.73 Å². The highest BCUT2D eigenvalue weighted by Crippen LogP contribution is 2.18. The van der Waals surface area contributed by atoms with E-state index in [0.29, 0.717) is 6.04 Å². The van der Waals surface area contributed by atoms with Gasteiger partial charge in [0.05, 0.1) is 19.8 Å². The van der Waals surface area contributed by atoms with Crippen LogP contribution in [-0.2, 0) is 17.8 Å². The predicted molar refractivity (Wildman–Crippen MR) is 131 cm³/mol. The third-order valence-electron chi connectivity index (χ3n) is 7.11. The maximum absolute atomic E-state index is 5.52. The molecule has 7 heteroatoms. The molecule has 0 amide bonds. The van der Waals surface area contributed by atoms with Crippen molar-refractivity contribution in [2.45, 2.75) is 39.4 Å². The quantitative estimate of drug-likeness (QED) is 0.512. The smallest absolute Gasteiger partial charge is 0.194 e. The second kappa shape index (κ2) is 12.0. The molecule has 0 radical (unpaired) electrons. The Morgan fingerprint density at radius 2 is 1.62 bits per heavy atom. The van der Waals surface area contributed by atoms with Gasteiger partial charge in [0.2, 0.25) is 0 Å². The molecule has 3 aliphatic rings. The molecule has 1 aromatic carbocycles. The molecule has 32 heavy (non-hydrogen) atoms. The highest BCUT2D eigenvalue weighted by atomic mass is 16.5. The van der Waals surface area contributed by atoms with Gasteiger partial charge in [-0.15, -0.1) is 0 Å². The molecule has 3 aliphatic heterocycles. The highest BCUT2D eigenvalue weighted by molar-refractivity contribution is 5.80. The van der Waals surface area contributed by atoms with Crippen LogP contribution in [0.5, 0.6) is 0 Å². The molecule has 3 saturated heterocycles. The van der Waals surface area contributed by atoms with E-state index in [1.165, 1.54) is 50.3 Å². The zero-order chi connectivity index (χ0) is 22.2. The van der Waals surface area contributed by atoms with Crippen LogP contribution < -0.4 is 5.32 Å². The van der Waals surface area contributed by atoms with Gasteiger partial charge >= 0.3 is 0 Å². The van der Waals surface area contributed by atoms with Crippen molar-refractivity contribution >= 4 is 5.96 Å². The van der Waals surface area contributed by atoms with Gasteiger partial charge < -0.3 is 19.9 Å². The predicted octanol–water partition coefficient (Wildman–Crippen LogP) is 1.70. The van der Waals surface area contributed by atoms with Crippen LogP contribution in [0.15, 0.2) is 29.3 Å². The van der Waals surface area contributed by atoms with Gasteiger partial charge in [-0.25, -0.2) is 4.99 Å². The average Bonchev–Trinajstić information content (AvgIpc) is 3.34. The van der Waals surface area contributed by atoms with Gasteiger partial charge in [-0.1, -0.05) is 31.2 Å². The van der Waals surface area contributed by atoms with Crippen LogP contribution in [0.2, 0.25) is 0 Å². The molecule has 7 nitrogen and oxygen atoms in total. The highest BCUT2D eigenvalue weighted by Gasteiger charge is 2.30. The zero-order valence-corrected chi connectivity index (χ0v) is 20.1. The monoisotopic (exact) mass is 442 g/mol. The summed E-state index contributed by atoms with van der Waals surface area (Å²) in [6, 6.07) is 9.71. The molecular weight excluding hydrogens is 400 g/mol. The van der Waals surface area contributed by atoms with Gasteiger partial charge in [-0.05, 0) is 31.0 Å². The Morgan fingerprint density at radius 3 is 2.31 bits per heavy atom. The van der Waals surface area contributed by atoms with Crippen LogP contribution in [0.4, 0.5) is 0 Å². The lowest BCUT2D eigenvalue weighted by Gasteiger charge is -2.34. The number of nitrogens with one attached hydrogen (secondary N) is 1. The number of likely N-dealkylation sites (N-methyl/N-ethyl adjacent to an activating group) is 1. The summed E-state index contributed by atoms with van der Waals surface area (Å²) in [5.41, 5.74) is 2.69. The molecule has 0 aliphatic carbocycles. The van der Waals surface area contributed by atoms with Gasteiger partial charge in [0, 0.05) is 71.5 Å². The third kappa shape index (κ3) is 6.44. The molecule has 1 aromatic rings. The summed E-state index contributed by atoms with van der Waals surface area (Å²) in [5.74, 6) is 1.06. The number of benzene rings is 1. The Hall–Kier alpha value is -1.67. The van der Waals surface area contributed by atoms with E-state index in [-0.39, 0.29) is 0 Å². The molecule has 3 heterocycles. The van der Waals surface area contributed by atoms with Gasteiger partial charge in [-0.3, -0.25) is 9.80 Å². The topological polar surface area (TPSA) is 46.6 Å². The maximum atomic E-state index is 5.52. The summed E-state index contributed by atoms with van der Waals surface area (Å²) in [6.45, 7) is 19.0. The van der Waals surface area contributed by atoms with E-state index >= 15 is 0 Å². The first-order chi connectivity index (χ1) is 15.7. The van der Waals surface area contributed by atoms with Crippen LogP contribution >= 0.6 is 0 Å². The molecule has 1 N–H and O–H groups in total. The van der Waals surface area contributed by atoms with Crippen LogP contribution in [0, 0.1) is 0 Å². The van der Waals surface area contributed by atoms with E-state index in [9.17, 15) is 0 Å². The number of likely N-dealkylation sites (tertiary alicyclic amines) is 1. The Bertz CT molecular complexity index is 710. The lowest BCUT2D eigenvalue weighted by molar-refractivity contribution is 0.0195. The number of piperazine rings is 1. The average molecular weight is 443 g/mol. The minimum Gasteiger partial charge on any atom is -0.379 e. The molecule has 0 saturated carbocycles. The molecule has 4 rings (SSSR count). The first-order valence-corrected chi connectivity index (χ1v) is 12.6. The summed E-state index contributed by atoms with van der Waals surface area (Å²) in [6.07, 6.45) is 1.21. The molecule has 0 bridgehead atoms. The van der Waals surface area contributed by atoms with Crippen molar-refractivity contribution in [2.24, 2.45) is 4.99 Å². The number of rotatable bonds is 7. The molecule has 0 spiro atoms. The fourth-order valence-electron chi connectivity index (χ4n) is 5.04. The zero-order valence-electron chi connectivity index (χ0n) is 20.1. The van der Waals surface area contributed by atoms with Crippen molar-refractivity contribution in [3.63, 3.8) is 0 Å². The van der Waals surface area contributed by atoms with Gasteiger partial charge in [0.25, 0.3) is 0 Å². The first-order valence-electron chi connectivity index (χ1n) is 12.6. The standard InChI is InChI=1S/C25H42N6O/c1-3-26-25(31-10-9-24(21-31)30-15-17-32-18-16-30)27-19-22-5-7-23(8-6-22)20-29-13-11-28(4-2)12-14-29/h5-8,24H,3-4,9-21H2,1-2H3,(H,26,27). The first kappa shape index (κ1) is 23.5. The normalized spacial score (nSPS) is 24.2. The van der Waals surface area contributed by atoms with Crippen molar-refractivity contribution in [3.8, 4) is 0 Å². The van der Waals surface area contributed by atoms with Crippen LogP contribution in [0.3, 0.4) is 0 Å². The van der Waals surface area contributed by atoms with Crippen molar-refractivity contribution in [1.29, 1.82) is 0 Å². The molecule has 0 aromatic heterocycles. The van der Waals surface area contributed by atoms with Crippen molar-refractivity contribution < 1.29 is 4.74 Å². The van der Waals surface area contributed by atoms with E-state index in [0.717, 1.165) is 65.0 Å². The summed E-state index contributed by atoms with van der Waals surface area (Å²) in [4.78, 5) is 15.1. The summed E-state index contributed by atoms with van der Waals surface area (Å²) in [5, 5.41) is 3.51. The second-order valence-electron chi connectivity index (χ2n) is 9.23. The molecule has 1 unspecified atom stereocenters. The van der Waals surface area contributed by atoms with Gasteiger partial charge in [-0.2, -0.15) is 0 Å². The minimum atomic E-state index is 0.626. The van der Waals surface area contributed by atoms with Crippen LogP contribution in [-0.4, -0.2) is 110 Å². The van der Waals surface area contributed by atoms with Crippen molar-refractivity contribution in [1.82, 2.24) is 24.9 Å². The molecular formula is C25H42N6O. The third-order valence-corrected chi connectivity index (χ3v) is 7.11. The molecule has 178 valence electrons. The lowest BCUT2D eigenvalue weighted by atomic mass is 10.1. The number of guanidine groups is 1. The summed E-state index contributed by atoms with van der Waals surface area (Å²) in [7, 11) is 0. The number of hydrogen-bond acceptors (Lipinski definition) is 5. The minimum absolute atomic E-state index is 0.626. The van der Waals surface area contributed by atoms with E-state index in [1.54, 1.807) is 0 Å². The lowest BCUT2D eigenvalue weighted by Crippen LogP contribution is -2.46. The summed E-state index contributed by atoms with van der Waals surface area (Å²) >= 11 is 0. The van der Waals surface area contributed by atoms with Gasteiger partial charge in [0.15, 0.2) is 5.96 Å². The number of ether oxygens (including phenoxy) is 1. The number of morpholine rings is 1. The van der Waals surface area contributed by atoms with E-state index in [1.807, 2.05) is 0 Å². The molecule has 1 atom stereocenters. The Labute approximate surface area is 194 Å². The SMILES string of the molecule is CCNC(=NCc1ccc(CN2CCN(CC)CC2)cc1)N1CCC(N2CCOCC2)C1. The van der Waals surface area contributed by atoms with Crippen LogP contribution in [0.25, 0.3) is 0 Å². The Morgan fingerprint density at radius 1 is 0.938 bits per heavy atom. The van der Waals surface area contributed by atoms with Gasteiger partial charge in [0.1, 0.15) is 0 Å². The largest absolute Gasteiger partial charge is 0.379 e. The van der Waals surface area contributed by atoms with E-state index < -0.39 is 0 Å². The van der Waals surface area contributed by atoms with Crippen molar-refractivity contribution in [2.75, 3.05) is 78.7 Å². The summed E-state index contributed by atoms with van der Waals surface area (Å²) < 4.78 is 5.52. The second-order valence-corrected chi connectivity index (χ2v) is 9.23.